The fourth-order valence-electron chi connectivity index (χ4n) is 2.76. The van der Waals surface area contributed by atoms with E-state index in [0.717, 1.165) is 12.8 Å². The Kier molecular flexibility index (Phi) is 24.9. The lowest BCUT2D eigenvalue weighted by Crippen LogP contribution is -2.07. The summed E-state index contributed by atoms with van der Waals surface area (Å²) in [6.07, 6.45) is 21.1. The maximum atomic E-state index is 10.4. The van der Waals surface area contributed by atoms with Crippen molar-refractivity contribution < 1.29 is 24.2 Å². The second kappa shape index (κ2) is 24.4. The van der Waals surface area contributed by atoms with Crippen LogP contribution in [0, 0.1) is 0 Å². The van der Waals surface area contributed by atoms with Crippen molar-refractivity contribution in [2.45, 2.75) is 117 Å². The Morgan fingerprint density at radius 2 is 1.24 bits per heavy atom. The highest BCUT2D eigenvalue weighted by atomic mass is 16.5. The van der Waals surface area contributed by atoms with E-state index in [4.69, 9.17) is 5.11 Å². The van der Waals surface area contributed by atoms with E-state index < -0.39 is 11.9 Å². The molecule has 5 nitrogen and oxygen atoms in total. The molecule has 0 spiro atoms. The summed E-state index contributed by atoms with van der Waals surface area (Å²) in [6.45, 7) is 5.66. The Morgan fingerprint density at radius 1 is 0.759 bits per heavy atom. The van der Waals surface area contributed by atoms with Crippen LogP contribution in [0.2, 0.25) is 0 Å². The minimum atomic E-state index is -0.664. The van der Waals surface area contributed by atoms with Crippen LogP contribution in [-0.4, -0.2) is 29.4 Å². The highest BCUT2D eigenvalue weighted by Crippen LogP contribution is 2.09. The van der Waals surface area contributed by atoms with Gasteiger partial charge >= 0.3 is 11.9 Å². The molecule has 1 N–H and O–H groups in total. The Hall–Kier alpha value is -1.65. The van der Waals surface area contributed by atoms with Gasteiger partial charge in [-0.15, -0.1) is 0 Å². The average molecular weight is 413 g/mol. The Labute approximate surface area is 178 Å². The summed E-state index contributed by atoms with van der Waals surface area (Å²) < 4.78 is 4.49. The number of unbranched alkanes of at least 4 members (excludes halogenated alkanes) is 11. The number of carboxylic acid groups (broad SMARTS) is 1. The van der Waals surface area contributed by atoms with E-state index in [1.54, 1.807) is 6.92 Å². The Morgan fingerprint density at radius 3 is 1.69 bits per heavy atom. The first-order valence-electron chi connectivity index (χ1n) is 11.5. The van der Waals surface area contributed by atoms with Crippen LogP contribution < -0.4 is 0 Å². The van der Waals surface area contributed by atoms with Gasteiger partial charge < -0.3 is 9.84 Å². The molecular formula is C24H44O5. The third kappa shape index (κ3) is 31.3. The van der Waals surface area contributed by atoms with Crippen molar-refractivity contribution in [3.05, 3.63) is 12.2 Å². The molecule has 0 rings (SSSR count). The van der Waals surface area contributed by atoms with E-state index in [9.17, 15) is 14.4 Å². The summed E-state index contributed by atoms with van der Waals surface area (Å²) in [6, 6.07) is 0. The summed E-state index contributed by atoms with van der Waals surface area (Å²) in [7, 11) is 0. The lowest BCUT2D eigenvalue weighted by atomic mass is 10.1. The van der Waals surface area contributed by atoms with E-state index in [0.29, 0.717) is 13.0 Å². The third-order valence-electron chi connectivity index (χ3n) is 4.35. The van der Waals surface area contributed by atoms with Crippen molar-refractivity contribution in [3.63, 3.8) is 0 Å². The second-order valence-electron chi connectivity index (χ2n) is 7.41. The molecular weight excluding hydrogens is 368 g/mol. The van der Waals surface area contributed by atoms with E-state index in [1.165, 1.54) is 77.6 Å². The van der Waals surface area contributed by atoms with Gasteiger partial charge in [-0.1, -0.05) is 70.4 Å². The molecule has 0 aliphatic rings. The summed E-state index contributed by atoms with van der Waals surface area (Å²) in [5.74, 6) is -1.26. The number of hydrogen-bond acceptors (Lipinski definition) is 4. The van der Waals surface area contributed by atoms with Gasteiger partial charge in [0.25, 0.3) is 0 Å². The average Bonchev–Trinajstić information content (AvgIpc) is 2.65. The quantitative estimate of drug-likeness (QED) is 0.118. The number of hydrogen-bond donors (Lipinski definition) is 1. The van der Waals surface area contributed by atoms with E-state index >= 15 is 0 Å². The number of ether oxygens (including phenoxy) is 1. The van der Waals surface area contributed by atoms with E-state index in [1.807, 2.05) is 0 Å². The van der Waals surface area contributed by atoms with Gasteiger partial charge in [-0.2, -0.15) is 0 Å². The predicted octanol–water partition coefficient (Wildman–Crippen LogP) is 6.64. The second-order valence-corrected chi connectivity index (χ2v) is 7.41. The van der Waals surface area contributed by atoms with Crippen LogP contribution in [-0.2, 0) is 19.1 Å². The molecule has 5 heteroatoms. The fraction of sp³-hybridized carbons (Fsp3) is 0.792. The molecule has 0 aromatic rings. The molecule has 0 bridgehead atoms. The number of carbonyl (C=O) groups excluding carboxylic acids is 2. The van der Waals surface area contributed by atoms with Crippen molar-refractivity contribution >= 4 is 17.7 Å². The number of carbonyl (C=O) groups is 3. The maximum Gasteiger partial charge on any atom is 0.313 e. The number of aliphatic carboxylic acids is 1. The van der Waals surface area contributed by atoms with Crippen LogP contribution in [0.1, 0.15) is 117 Å². The minimum Gasteiger partial charge on any atom is -0.481 e. The van der Waals surface area contributed by atoms with Crippen molar-refractivity contribution in [2.24, 2.45) is 0 Å². The number of rotatable bonds is 18. The Balaban J connectivity index is 0. The number of esters is 1. The van der Waals surface area contributed by atoms with Crippen LogP contribution in [0.15, 0.2) is 12.2 Å². The van der Waals surface area contributed by atoms with Crippen LogP contribution >= 0.6 is 0 Å². The van der Waals surface area contributed by atoms with Crippen molar-refractivity contribution in [1.82, 2.24) is 0 Å². The predicted molar refractivity (Wildman–Crippen MR) is 119 cm³/mol. The molecule has 0 radical (unpaired) electrons. The van der Waals surface area contributed by atoms with Crippen molar-refractivity contribution in [1.29, 1.82) is 0 Å². The lowest BCUT2D eigenvalue weighted by molar-refractivity contribution is -0.145. The maximum absolute atomic E-state index is 10.4. The first-order valence-corrected chi connectivity index (χ1v) is 11.5. The molecule has 0 atom stereocenters. The highest BCUT2D eigenvalue weighted by molar-refractivity contribution is 5.94. The molecule has 0 aromatic heterocycles. The Bertz CT molecular complexity index is 429. The smallest absolute Gasteiger partial charge is 0.313 e. The summed E-state index contributed by atoms with van der Waals surface area (Å²) in [5, 5.41) is 8.51. The molecule has 29 heavy (non-hydrogen) atoms. The summed E-state index contributed by atoms with van der Waals surface area (Å²) in [4.78, 5) is 31.0. The summed E-state index contributed by atoms with van der Waals surface area (Å²) >= 11 is 0. The first-order chi connectivity index (χ1) is 13.9. The van der Waals surface area contributed by atoms with Crippen LogP contribution in [0.4, 0.5) is 0 Å². The number of carboxylic acids is 1. The molecule has 0 fully saturated rings. The molecule has 0 aliphatic carbocycles. The molecule has 0 unspecified atom stereocenters. The van der Waals surface area contributed by atoms with Gasteiger partial charge in [0.05, 0.1) is 6.61 Å². The zero-order valence-electron chi connectivity index (χ0n) is 19.0. The van der Waals surface area contributed by atoms with Gasteiger partial charge in [0.1, 0.15) is 12.2 Å². The number of Topliss-reactive ketones (excluding diaryl/α,β-unsaturated/α-hetero) is 1. The van der Waals surface area contributed by atoms with Gasteiger partial charge in [0, 0.05) is 6.42 Å². The summed E-state index contributed by atoms with van der Waals surface area (Å²) in [5.41, 5.74) is 0. The zero-order chi connectivity index (χ0) is 22.2. The molecule has 0 amide bonds. The third-order valence-corrected chi connectivity index (χ3v) is 4.35. The number of allylic oxidation sites excluding steroid dienone is 2. The number of ketones is 1. The normalized spacial score (nSPS) is 10.4. The minimum absolute atomic E-state index is 0.103. The fourth-order valence-corrected chi connectivity index (χ4v) is 2.76. The zero-order valence-corrected chi connectivity index (χ0v) is 19.0. The van der Waals surface area contributed by atoms with Crippen molar-refractivity contribution in [2.75, 3.05) is 6.61 Å². The van der Waals surface area contributed by atoms with Gasteiger partial charge in [-0.25, -0.2) is 0 Å². The molecule has 0 saturated heterocycles. The van der Waals surface area contributed by atoms with Gasteiger partial charge in [0.15, 0.2) is 0 Å². The largest absolute Gasteiger partial charge is 0.481 e. The molecule has 0 heterocycles. The van der Waals surface area contributed by atoms with E-state index in [2.05, 4.69) is 23.8 Å². The standard InChI is InChI=1S/C18H34O2.C6H10O3/c1-2-3-4-5-6-7-8-9-10-11-12-13-14-15-16-17-18(19)20;1-3-9-6(8)4-5(2)7/h9-10H,2-8,11-17H2,1H3,(H,19,20);3-4H2,1-2H3/b10-9-;. The molecule has 0 aliphatic heterocycles. The molecule has 170 valence electrons. The lowest BCUT2D eigenvalue weighted by Gasteiger charge is -1.99. The highest BCUT2D eigenvalue weighted by Gasteiger charge is 2.03. The van der Waals surface area contributed by atoms with Crippen LogP contribution in [0.25, 0.3) is 0 Å². The van der Waals surface area contributed by atoms with Gasteiger partial charge in [-0.05, 0) is 46.0 Å². The van der Waals surface area contributed by atoms with Crippen LogP contribution in [0.5, 0.6) is 0 Å². The van der Waals surface area contributed by atoms with Gasteiger partial charge in [-0.3, -0.25) is 14.4 Å². The van der Waals surface area contributed by atoms with E-state index in [-0.39, 0.29) is 12.2 Å². The first kappa shape index (κ1) is 29.6. The molecule has 0 aromatic carbocycles. The SMILES string of the molecule is CCCCCCCC/C=C\CCCCCCCC(=O)O.CCOC(=O)CC(C)=O. The van der Waals surface area contributed by atoms with Crippen molar-refractivity contribution in [3.8, 4) is 0 Å². The monoisotopic (exact) mass is 412 g/mol. The molecule has 0 saturated carbocycles. The van der Waals surface area contributed by atoms with Crippen LogP contribution in [0.3, 0.4) is 0 Å². The topological polar surface area (TPSA) is 80.7 Å². The van der Waals surface area contributed by atoms with Gasteiger partial charge in [0.2, 0.25) is 0 Å².